The van der Waals surface area contributed by atoms with Crippen molar-refractivity contribution in [1.82, 2.24) is 0 Å². The third-order valence-electron chi connectivity index (χ3n) is 17.5. The summed E-state index contributed by atoms with van der Waals surface area (Å²) in [7, 11) is 0. The number of phenolic OH excluding ortho intramolecular Hbond substituents is 7. The smallest absolute Gasteiger partial charge is 0.325 e. The molecule has 0 bridgehead atoms. The molecule has 1 atom stereocenters. The number of carbonyl (C=O) groups excluding carboxylic acids is 6. The molecular formula is C91H114N6O18. The second-order valence-electron chi connectivity index (χ2n) is 25.7. The lowest BCUT2D eigenvalue weighted by Gasteiger charge is -2.22. The summed E-state index contributed by atoms with van der Waals surface area (Å²) >= 11 is 0. The van der Waals surface area contributed by atoms with Gasteiger partial charge in [0, 0.05) is 102 Å². The summed E-state index contributed by atoms with van der Waals surface area (Å²) in [4.78, 5) is 79.3. The van der Waals surface area contributed by atoms with E-state index in [4.69, 9.17) is 29.4 Å². The van der Waals surface area contributed by atoms with Crippen molar-refractivity contribution in [2.75, 3.05) is 98.7 Å². The molecule has 0 aliphatic carbocycles. The predicted molar refractivity (Wildman–Crippen MR) is 453 cm³/mol. The van der Waals surface area contributed by atoms with Gasteiger partial charge in [-0.25, -0.2) is 0 Å². The zero-order valence-corrected chi connectivity index (χ0v) is 67.9. The molecule has 0 aliphatic heterocycles. The van der Waals surface area contributed by atoms with Crippen LogP contribution in [0.1, 0.15) is 138 Å². The third-order valence-corrected chi connectivity index (χ3v) is 17.5. The number of ketones is 3. The Hall–Kier alpha value is -12.6. The Balaban J connectivity index is 0.000000296. The number of rotatable bonds is 35. The molecule has 10 N–H and O–H groups in total. The highest BCUT2D eigenvalue weighted by atomic mass is 16.5. The zero-order valence-electron chi connectivity index (χ0n) is 67.9. The van der Waals surface area contributed by atoms with Crippen LogP contribution in [0.15, 0.2) is 211 Å². The van der Waals surface area contributed by atoms with Crippen LogP contribution in [-0.2, 0) is 51.4 Å². The number of nitrogens with two attached hydrogens (primary N) is 1. The Labute approximate surface area is 676 Å². The molecule has 9 aromatic rings. The second kappa shape index (κ2) is 52.6. The van der Waals surface area contributed by atoms with Crippen LogP contribution in [0.2, 0.25) is 0 Å². The number of aromatic hydroxyl groups is 7. The van der Waals surface area contributed by atoms with Crippen molar-refractivity contribution in [3.63, 3.8) is 0 Å². The first-order valence-corrected chi connectivity index (χ1v) is 38.5. The fourth-order valence-corrected chi connectivity index (χ4v) is 11.1. The minimum absolute atomic E-state index is 0.00213. The first-order chi connectivity index (χ1) is 55.3. The Kier molecular flexibility index (Phi) is 43.4. The Morgan fingerprint density at radius 3 is 1.33 bits per heavy atom. The van der Waals surface area contributed by atoms with Gasteiger partial charge in [0.1, 0.15) is 90.4 Å². The third kappa shape index (κ3) is 34.5. The van der Waals surface area contributed by atoms with Gasteiger partial charge in [0.2, 0.25) is 0 Å². The lowest BCUT2D eigenvalue weighted by atomic mass is 9.91. The number of ether oxygens (including phenoxy) is 5. The van der Waals surface area contributed by atoms with E-state index in [-0.39, 0.29) is 126 Å². The number of esters is 3. The number of Topliss-reactive ketones (excluding diaryl/α,β-unsaturated/α-hetero) is 3. The molecule has 0 saturated carbocycles. The standard InChI is InChI=1S/C21H26N2O4.C19H23NO3.C17H19NO3.C12H17NO3.C12H17NO2.C10H12O3/c1-4-19(18-9-10-20(26)14(3)21(18)27)22-12-17(25)13-23(5-2)15-7-6-8-16(24)11-15;1-3-20(14-19(21)22-4-2)17-11-8-12-18(13-17)23-15-16-9-6-5-7-10-16;1-2-20-17(19)12-18-15-9-6-10-16(11-15)21-13-14-7-4-3-5-8-14;1-3-13(9-12(15)16-4-2)10-6-5-7-11(14)8-10;1-2-9(6-12(15)8-13)10-4-3-5-11(14)7-10;1-3-8(11)7-4-5-9(12)6(2)10(7)13/h6-11,24,26-27H,4-5,12-13H2,1-3H3;5-13H,3-4,14-15H2,1-2H3;3-11,18H,2,12-13H2,1H3;5-8,14H,3-4,9H2,1-2H3;3-5,7,9,14H,2,6,8,13H2,1H3;4-5,12-13H,3H2,1-2H3. The van der Waals surface area contributed by atoms with E-state index >= 15 is 0 Å². The van der Waals surface area contributed by atoms with Crippen LogP contribution in [-0.4, -0.2) is 155 Å². The van der Waals surface area contributed by atoms with E-state index in [1.165, 1.54) is 18.2 Å². The van der Waals surface area contributed by atoms with Crippen molar-refractivity contribution in [3.8, 4) is 51.7 Å². The number of carbonyl (C=O) groups is 6. The fraction of sp³-hybridized carbons (Fsp3) is 0.330. The van der Waals surface area contributed by atoms with Gasteiger partial charge in [-0.3, -0.25) is 33.8 Å². The summed E-state index contributed by atoms with van der Waals surface area (Å²) in [5.74, 6) is 1.31. The molecule has 0 aromatic heterocycles. The summed E-state index contributed by atoms with van der Waals surface area (Å²) in [5.41, 5.74) is 14.0. The van der Waals surface area contributed by atoms with Crippen LogP contribution >= 0.6 is 0 Å². The first kappa shape index (κ1) is 94.8. The Bertz CT molecular complexity index is 4480. The molecule has 24 nitrogen and oxygen atoms in total. The minimum Gasteiger partial charge on any atom is -0.508 e. The number of anilines is 4. The van der Waals surface area contributed by atoms with Gasteiger partial charge >= 0.3 is 17.9 Å². The summed E-state index contributed by atoms with van der Waals surface area (Å²) in [5, 5.41) is 69.9. The molecule has 24 heteroatoms. The molecule has 0 heterocycles. The average Bonchev–Trinajstić information content (AvgIpc) is 0.802. The lowest BCUT2D eigenvalue weighted by Crippen LogP contribution is -2.30. The van der Waals surface area contributed by atoms with Crippen molar-refractivity contribution in [3.05, 3.63) is 245 Å². The van der Waals surface area contributed by atoms with Gasteiger partial charge in [0.05, 0.1) is 45.0 Å². The predicted octanol–water partition coefficient (Wildman–Crippen LogP) is 15.9. The lowest BCUT2D eigenvalue weighted by molar-refractivity contribution is -0.142. The molecule has 9 aromatic carbocycles. The van der Waals surface area contributed by atoms with Crippen molar-refractivity contribution in [2.24, 2.45) is 10.7 Å². The van der Waals surface area contributed by atoms with Gasteiger partial charge < -0.3 is 85.2 Å². The van der Waals surface area contributed by atoms with Gasteiger partial charge in [-0.2, -0.15) is 0 Å². The molecule has 9 rings (SSSR count). The Morgan fingerprint density at radius 1 is 0.443 bits per heavy atom. The number of benzene rings is 9. The van der Waals surface area contributed by atoms with E-state index in [9.17, 15) is 64.5 Å². The molecule has 1 unspecified atom stereocenters. The molecule has 0 radical (unpaired) electrons. The number of nitrogens with one attached hydrogen (secondary N) is 1. The monoisotopic (exact) mass is 1580 g/mol. The number of hydrogen-bond donors (Lipinski definition) is 9. The van der Waals surface area contributed by atoms with E-state index in [1.807, 2.05) is 184 Å². The van der Waals surface area contributed by atoms with E-state index in [0.29, 0.717) is 87.8 Å². The topological polar surface area (TPSA) is 350 Å². The number of phenols is 7. The maximum atomic E-state index is 12.4. The quantitative estimate of drug-likeness (QED) is 0.00771. The van der Waals surface area contributed by atoms with E-state index in [0.717, 1.165) is 63.9 Å². The molecule has 616 valence electrons. The summed E-state index contributed by atoms with van der Waals surface area (Å²) < 4.78 is 26.3. The van der Waals surface area contributed by atoms with Crippen LogP contribution in [0.25, 0.3) is 0 Å². The van der Waals surface area contributed by atoms with Crippen LogP contribution in [0.3, 0.4) is 0 Å². The number of aliphatic imine (C=N–C) groups is 1. The van der Waals surface area contributed by atoms with Crippen molar-refractivity contribution in [2.45, 2.75) is 121 Å². The van der Waals surface area contributed by atoms with E-state index in [1.54, 1.807) is 95.3 Å². The molecule has 0 saturated heterocycles. The van der Waals surface area contributed by atoms with E-state index < -0.39 is 0 Å². The number of nitrogens with zero attached hydrogens (tertiary/aromatic N) is 4. The van der Waals surface area contributed by atoms with Crippen LogP contribution in [0, 0.1) is 13.8 Å². The number of likely N-dealkylation sites (N-methyl/N-ethyl adjacent to an activating group) is 3. The SMILES string of the molecule is CCC(=NCC(=O)CN(CC)c1cccc(O)c1)c1ccc(O)c(C)c1O.CCC(=O)c1ccc(O)c(C)c1O.CCC(CC(=O)CN)c1cccc(O)c1.CCOC(=O)CN(CC)c1cccc(O)c1.CCOC(=O)CN(CC)c1cccc(OCc2ccccc2)c1.CCOC(=O)CNc1cccc(OCc2ccccc2)c1. The molecule has 0 spiro atoms. The molecule has 0 aliphatic rings. The average molecular weight is 1580 g/mol. The second-order valence-corrected chi connectivity index (χ2v) is 25.7. The van der Waals surface area contributed by atoms with Crippen molar-refractivity contribution < 1.29 is 88.2 Å². The molecule has 0 amide bonds. The summed E-state index contributed by atoms with van der Waals surface area (Å²) in [6.07, 6.45) is 2.22. The maximum absolute atomic E-state index is 12.4. The normalized spacial score (nSPS) is 10.7. The highest BCUT2D eigenvalue weighted by Crippen LogP contribution is 2.33. The zero-order chi connectivity index (χ0) is 84.6. The van der Waals surface area contributed by atoms with Gasteiger partial charge in [-0.15, -0.1) is 0 Å². The first-order valence-electron chi connectivity index (χ1n) is 38.5. The maximum Gasteiger partial charge on any atom is 0.325 e. The molecule has 115 heavy (non-hydrogen) atoms. The minimum atomic E-state index is -0.270. The summed E-state index contributed by atoms with van der Waals surface area (Å²) in [6.45, 7) is 25.2. The summed E-state index contributed by atoms with van der Waals surface area (Å²) in [6, 6.07) is 61.9. The van der Waals surface area contributed by atoms with Crippen LogP contribution in [0.4, 0.5) is 22.7 Å². The molecule has 0 fully saturated rings. The Morgan fingerprint density at radius 2 is 0.878 bits per heavy atom. The van der Waals surface area contributed by atoms with Gasteiger partial charge in [-0.05, 0) is 176 Å². The number of hydrogen-bond acceptors (Lipinski definition) is 24. The van der Waals surface area contributed by atoms with Gasteiger partial charge in [0.25, 0.3) is 0 Å². The van der Waals surface area contributed by atoms with Crippen molar-refractivity contribution >= 4 is 63.7 Å². The van der Waals surface area contributed by atoms with Gasteiger partial charge in [-0.1, -0.05) is 118 Å². The largest absolute Gasteiger partial charge is 0.508 e. The van der Waals surface area contributed by atoms with Gasteiger partial charge in [0.15, 0.2) is 11.6 Å². The molecular weight excluding hydrogens is 1470 g/mol. The van der Waals surface area contributed by atoms with E-state index in [2.05, 4.69) is 10.3 Å². The fourth-order valence-electron chi connectivity index (χ4n) is 11.1. The van der Waals surface area contributed by atoms with Crippen molar-refractivity contribution in [1.29, 1.82) is 0 Å². The highest BCUT2D eigenvalue weighted by molar-refractivity contribution is 6.04. The highest BCUT2D eigenvalue weighted by Gasteiger charge is 2.19. The van der Waals surface area contributed by atoms with Crippen LogP contribution < -0.4 is 35.2 Å². The van der Waals surface area contributed by atoms with Crippen LogP contribution in [0.5, 0.6) is 51.7 Å².